The third kappa shape index (κ3) is 5.39. The smallest absolute Gasteiger partial charge is 0.341 e. The van der Waals surface area contributed by atoms with E-state index in [9.17, 15) is 18.4 Å². The van der Waals surface area contributed by atoms with Gasteiger partial charge in [0.05, 0.1) is 7.11 Å². The molecule has 1 aliphatic carbocycles. The van der Waals surface area contributed by atoms with Crippen LogP contribution in [0.5, 0.6) is 0 Å². The van der Waals surface area contributed by atoms with E-state index < -0.39 is 17.6 Å². The maximum atomic E-state index is 14.7. The molecule has 1 aromatic heterocycles. The molecular weight excluding hydrogens is 446 g/mol. The Balaban J connectivity index is 1.36. The maximum Gasteiger partial charge on any atom is 0.341 e. The highest BCUT2D eigenvalue weighted by Crippen LogP contribution is 2.42. The lowest BCUT2D eigenvalue weighted by Crippen LogP contribution is -2.25. The van der Waals surface area contributed by atoms with Crippen LogP contribution in [0.2, 0.25) is 0 Å². The molecule has 0 spiro atoms. The molecule has 3 aromatic rings. The van der Waals surface area contributed by atoms with E-state index in [0.717, 1.165) is 30.2 Å². The molecule has 5 nitrogen and oxygen atoms in total. The first-order valence-corrected chi connectivity index (χ1v) is 11.4. The number of nitrogens with zero attached hydrogens (tertiary/aromatic N) is 1. The number of thioether (sulfide) groups is 1. The summed E-state index contributed by atoms with van der Waals surface area (Å²) in [6.07, 6.45) is 4.30. The van der Waals surface area contributed by atoms with Gasteiger partial charge in [-0.25, -0.2) is 13.6 Å². The Morgan fingerprint density at radius 3 is 2.64 bits per heavy atom. The summed E-state index contributed by atoms with van der Waals surface area (Å²) in [5.41, 5.74) is 0.651. The Morgan fingerprint density at radius 2 is 1.91 bits per heavy atom. The van der Waals surface area contributed by atoms with Crippen molar-refractivity contribution in [3.63, 3.8) is 0 Å². The van der Waals surface area contributed by atoms with Crippen molar-refractivity contribution in [2.45, 2.75) is 17.9 Å². The quantitative estimate of drug-likeness (QED) is 0.378. The summed E-state index contributed by atoms with van der Waals surface area (Å²) in [7, 11) is 1.16. The summed E-state index contributed by atoms with van der Waals surface area (Å²) in [5, 5.41) is 2.80. The molecule has 1 N–H and O–H groups in total. The molecule has 2 unspecified atom stereocenters. The monoisotopic (exact) mass is 468 g/mol. The van der Waals surface area contributed by atoms with E-state index in [4.69, 9.17) is 0 Å². The largest absolute Gasteiger partial charge is 0.465 e. The van der Waals surface area contributed by atoms with Crippen molar-refractivity contribution in [2.24, 2.45) is 11.8 Å². The molecule has 4 rings (SSSR count). The standard InChI is InChI=1S/C25H22F2N2O3S/c1-32-25(31)23-19(3-2-4-21(23)26)15-5-6-16(22(27)12-15)13-29-24(30)20-11-17(20)14-33-18-7-9-28-10-8-18/h2-10,12,17,20H,11,13-14H2,1H3,(H,29,30). The van der Waals surface area contributed by atoms with Crippen LogP contribution >= 0.6 is 11.8 Å². The lowest BCUT2D eigenvalue weighted by molar-refractivity contribution is -0.122. The number of carbonyl (C=O) groups is 2. The average molecular weight is 469 g/mol. The van der Waals surface area contributed by atoms with Crippen LogP contribution in [0.25, 0.3) is 11.1 Å². The summed E-state index contributed by atoms with van der Waals surface area (Å²) in [5.74, 6) is -1.11. The van der Waals surface area contributed by atoms with Gasteiger partial charge in [-0.05, 0) is 47.7 Å². The number of halogens is 2. The molecule has 8 heteroatoms. The van der Waals surface area contributed by atoms with Crippen molar-refractivity contribution in [3.05, 3.63) is 83.7 Å². The molecule has 1 aliphatic rings. The van der Waals surface area contributed by atoms with Gasteiger partial charge in [0.15, 0.2) is 0 Å². The number of carbonyl (C=O) groups excluding carboxylic acids is 2. The van der Waals surface area contributed by atoms with E-state index in [1.165, 1.54) is 24.3 Å². The zero-order valence-electron chi connectivity index (χ0n) is 17.9. The predicted molar refractivity (Wildman–Crippen MR) is 122 cm³/mol. The molecule has 2 atom stereocenters. The van der Waals surface area contributed by atoms with Crippen LogP contribution in [0.3, 0.4) is 0 Å². The second-order valence-electron chi connectivity index (χ2n) is 7.77. The van der Waals surface area contributed by atoms with Gasteiger partial charge in [0.1, 0.15) is 17.2 Å². The number of aromatic nitrogens is 1. The Labute approximate surface area is 194 Å². The Hall–Kier alpha value is -3.26. The molecular formula is C25H22F2N2O3S. The van der Waals surface area contributed by atoms with E-state index in [1.807, 2.05) is 12.1 Å². The minimum absolute atomic E-state index is 0.0542. The summed E-state index contributed by atoms with van der Waals surface area (Å²) in [6.45, 7) is 0.0542. The highest BCUT2D eigenvalue weighted by Gasteiger charge is 2.42. The Bertz CT molecular complexity index is 1170. The third-order valence-corrected chi connectivity index (χ3v) is 6.79. The Kier molecular flexibility index (Phi) is 7.03. The maximum absolute atomic E-state index is 14.7. The Morgan fingerprint density at radius 1 is 1.12 bits per heavy atom. The van der Waals surface area contributed by atoms with Crippen molar-refractivity contribution in [1.82, 2.24) is 10.3 Å². The fourth-order valence-corrected chi connectivity index (χ4v) is 4.73. The fraction of sp³-hybridized carbons (Fsp3) is 0.240. The zero-order chi connectivity index (χ0) is 23.4. The van der Waals surface area contributed by atoms with Crippen molar-refractivity contribution < 1.29 is 23.1 Å². The van der Waals surface area contributed by atoms with E-state index in [0.29, 0.717) is 17.0 Å². The molecule has 0 aliphatic heterocycles. The minimum atomic E-state index is -0.832. The van der Waals surface area contributed by atoms with Crippen LogP contribution in [0, 0.1) is 23.5 Å². The van der Waals surface area contributed by atoms with Gasteiger partial charge in [0, 0.05) is 41.1 Å². The van der Waals surface area contributed by atoms with Gasteiger partial charge >= 0.3 is 5.97 Å². The molecule has 170 valence electrons. The van der Waals surface area contributed by atoms with Crippen LogP contribution in [0.15, 0.2) is 65.8 Å². The molecule has 0 saturated heterocycles. The zero-order valence-corrected chi connectivity index (χ0v) is 18.7. The van der Waals surface area contributed by atoms with Gasteiger partial charge < -0.3 is 10.1 Å². The molecule has 0 bridgehead atoms. The van der Waals surface area contributed by atoms with E-state index in [-0.39, 0.29) is 29.5 Å². The first-order chi connectivity index (χ1) is 16.0. The number of hydrogen-bond donors (Lipinski definition) is 1. The first-order valence-electron chi connectivity index (χ1n) is 10.4. The molecule has 2 aromatic carbocycles. The van der Waals surface area contributed by atoms with E-state index >= 15 is 0 Å². The number of amides is 1. The average Bonchev–Trinajstić information content (AvgIpc) is 3.61. The molecule has 33 heavy (non-hydrogen) atoms. The van der Waals surface area contributed by atoms with Gasteiger partial charge in [-0.3, -0.25) is 9.78 Å². The molecule has 1 heterocycles. The molecule has 0 radical (unpaired) electrons. The molecule has 1 fully saturated rings. The second-order valence-corrected chi connectivity index (χ2v) is 8.87. The predicted octanol–water partition coefficient (Wildman–Crippen LogP) is 4.86. The van der Waals surface area contributed by atoms with Crippen LogP contribution in [-0.2, 0) is 16.1 Å². The summed E-state index contributed by atoms with van der Waals surface area (Å²) >= 11 is 1.69. The normalized spacial score (nSPS) is 16.8. The van der Waals surface area contributed by atoms with Gasteiger partial charge in [-0.1, -0.05) is 24.3 Å². The van der Waals surface area contributed by atoms with Crippen molar-refractivity contribution in [3.8, 4) is 11.1 Å². The van der Waals surface area contributed by atoms with Crippen molar-refractivity contribution in [1.29, 1.82) is 0 Å². The number of ether oxygens (including phenoxy) is 1. The number of rotatable bonds is 8. The number of hydrogen-bond acceptors (Lipinski definition) is 5. The van der Waals surface area contributed by atoms with Gasteiger partial charge in [0.25, 0.3) is 0 Å². The van der Waals surface area contributed by atoms with Crippen LogP contribution in [0.4, 0.5) is 8.78 Å². The first kappa shape index (κ1) is 22.9. The van der Waals surface area contributed by atoms with E-state index in [1.54, 1.807) is 30.2 Å². The highest BCUT2D eigenvalue weighted by atomic mass is 32.2. The summed E-state index contributed by atoms with van der Waals surface area (Å²) in [4.78, 5) is 29.5. The van der Waals surface area contributed by atoms with Crippen LogP contribution in [0.1, 0.15) is 22.3 Å². The number of esters is 1. The SMILES string of the molecule is COC(=O)c1c(F)cccc1-c1ccc(CNC(=O)C2CC2CSc2ccncc2)c(F)c1. The van der Waals surface area contributed by atoms with Gasteiger partial charge in [-0.15, -0.1) is 11.8 Å². The lowest BCUT2D eigenvalue weighted by atomic mass is 9.98. The number of nitrogens with one attached hydrogen (secondary N) is 1. The van der Waals surface area contributed by atoms with Gasteiger partial charge in [-0.2, -0.15) is 0 Å². The van der Waals surface area contributed by atoms with Crippen molar-refractivity contribution in [2.75, 3.05) is 12.9 Å². The lowest BCUT2D eigenvalue weighted by Gasteiger charge is -2.11. The van der Waals surface area contributed by atoms with E-state index in [2.05, 4.69) is 15.0 Å². The summed E-state index contributed by atoms with van der Waals surface area (Å²) < 4.78 is 33.6. The fourth-order valence-electron chi connectivity index (χ4n) is 3.64. The third-order valence-electron chi connectivity index (χ3n) is 5.59. The number of pyridine rings is 1. The van der Waals surface area contributed by atoms with Crippen molar-refractivity contribution >= 4 is 23.6 Å². The van der Waals surface area contributed by atoms with Crippen LogP contribution < -0.4 is 5.32 Å². The van der Waals surface area contributed by atoms with Crippen LogP contribution in [-0.4, -0.2) is 29.7 Å². The number of benzene rings is 2. The number of methoxy groups -OCH3 is 1. The minimum Gasteiger partial charge on any atom is -0.465 e. The molecule has 1 saturated carbocycles. The molecule has 1 amide bonds. The summed E-state index contributed by atoms with van der Waals surface area (Å²) in [6, 6.07) is 12.4. The highest BCUT2D eigenvalue weighted by molar-refractivity contribution is 7.99. The second kappa shape index (κ2) is 10.1. The van der Waals surface area contributed by atoms with Gasteiger partial charge in [0.2, 0.25) is 5.91 Å². The topological polar surface area (TPSA) is 68.3 Å².